The maximum atomic E-state index is 13.2. The molecule has 0 saturated heterocycles. The summed E-state index contributed by atoms with van der Waals surface area (Å²) in [7, 11) is 0. The molecule has 2 unspecified atom stereocenters. The topological polar surface area (TPSA) is 46.6 Å². The number of nitrogens with zero attached hydrogens (tertiary/aromatic N) is 1. The number of benzene rings is 1. The number of allylic oxidation sites excluding steroid dienone is 1. The number of unbranched alkanes of at least 4 members (excludes halogenated alkanes) is 3. The molecule has 0 aliphatic rings. The molecular formula is C22H33NO3. The van der Waals surface area contributed by atoms with Gasteiger partial charge in [0.25, 0.3) is 0 Å². The number of imide groups is 1. The van der Waals surface area contributed by atoms with Gasteiger partial charge >= 0.3 is 6.09 Å². The third-order valence-corrected chi connectivity index (χ3v) is 4.58. The van der Waals surface area contributed by atoms with Gasteiger partial charge in [-0.05, 0) is 32.3 Å². The molecule has 1 rings (SSSR count). The van der Waals surface area contributed by atoms with Gasteiger partial charge in [0, 0.05) is 5.92 Å². The Labute approximate surface area is 158 Å². The molecule has 2 atom stereocenters. The van der Waals surface area contributed by atoms with Crippen LogP contribution in [0.25, 0.3) is 0 Å². The van der Waals surface area contributed by atoms with E-state index >= 15 is 0 Å². The van der Waals surface area contributed by atoms with E-state index in [1.54, 1.807) is 13.0 Å². The predicted molar refractivity (Wildman–Crippen MR) is 106 cm³/mol. The molecule has 0 fully saturated rings. The van der Waals surface area contributed by atoms with E-state index in [2.05, 4.69) is 13.5 Å². The quantitative estimate of drug-likeness (QED) is 0.365. The molecule has 0 aromatic heterocycles. The lowest BCUT2D eigenvalue weighted by Gasteiger charge is -2.30. The van der Waals surface area contributed by atoms with Crippen LogP contribution in [-0.2, 0) is 9.53 Å². The summed E-state index contributed by atoms with van der Waals surface area (Å²) in [5, 5.41) is 0. The van der Waals surface area contributed by atoms with Gasteiger partial charge in [-0.1, -0.05) is 69.0 Å². The van der Waals surface area contributed by atoms with Crippen LogP contribution in [0.1, 0.15) is 70.9 Å². The van der Waals surface area contributed by atoms with E-state index in [9.17, 15) is 9.59 Å². The van der Waals surface area contributed by atoms with Crippen molar-refractivity contribution in [2.24, 2.45) is 5.92 Å². The van der Waals surface area contributed by atoms with Gasteiger partial charge in [0.05, 0.1) is 12.6 Å². The summed E-state index contributed by atoms with van der Waals surface area (Å²) in [6.45, 7) is 9.81. The lowest BCUT2D eigenvalue weighted by atomic mass is 9.94. The van der Waals surface area contributed by atoms with Crippen LogP contribution in [0.2, 0.25) is 0 Å². The van der Waals surface area contributed by atoms with E-state index in [1.165, 1.54) is 4.90 Å². The fraction of sp³-hybridized carbons (Fsp3) is 0.545. The zero-order chi connectivity index (χ0) is 19.4. The second-order valence-electron chi connectivity index (χ2n) is 6.56. The van der Waals surface area contributed by atoms with Crippen molar-refractivity contribution in [1.29, 1.82) is 0 Å². The summed E-state index contributed by atoms with van der Waals surface area (Å²) < 4.78 is 5.18. The van der Waals surface area contributed by atoms with Gasteiger partial charge < -0.3 is 4.74 Å². The summed E-state index contributed by atoms with van der Waals surface area (Å²) in [6, 6.07) is 9.21. The Balaban J connectivity index is 2.99. The third kappa shape index (κ3) is 6.66. The van der Waals surface area contributed by atoms with Crippen molar-refractivity contribution in [3.8, 4) is 0 Å². The molecule has 4 nitrogen and oxygen atoms in total. The summed E-state index contributed by atoms with van der Waals surface area (Å²) >= 11 is 0. The molecule has 26 heavy (non-hydrogen) atoms. The van der Waals surface area contributed by atoms with E-state index < -0.39 is 6.09 Å². The lowest BCUT2D eigenvalue weighted by molar-refractivity contribution is -0.135. The molecule has 0 radical (unpaired) electrons. The minimum Gasteiger partial charge on any atom is -0.449 e. The summed E-state index contributed by atoms with van der Waals surface area (Å²) in [6.07, 6.45) is 6.93. The summed E-state index contributed by atoms with van der Waals surface area (Å²) in [5.41, 5.74) is 0.914. The van der Waals surface area contributed by atoms with Crippen LogP contribution < -0.4 is 0 Å². The van der Waals surface area contributed by atoms with Crippen molar-refractivity contribution in [3.63, 3.8) is 0 Å². The second kappa shape index (κ2) is 12.3. The Bertz CT molecular complexity index is 556. The van der Waals surface area contributed by atoms with Crippen LogP contribution in [0.3, 0.4) is 0 Å². The van der Waals surface area contributed by atoms with Crippen molar-refractivity contribution in [3.05, 3.63) is 48.6 Å². The van der Waals surface area contributed by atoms with E-state index in [0.29, 0.717) is 6.42 Å². The first-order valence-corrected chi connectivity index (χ1v) is 9.72. The van der Waals surface area contributed by atoms with Crippen LogP contribution in [0.5, 0.6) is 0 Å². The van der Waals surface area contributed by atoms with Gasteiger partial charge in [0.1, 0.15) is 0 Å². The zero-order valence-corrected chi connectivity index (χ0v) is 16.4. The lowest BCUT2D eigenvalue weighted by Crippen LogP contribution is -2.42. The molecule has 0 bridgehead atoms. The van der Waals surface area contributed by atoms with Crippen molar-refractivity contribution in [2.75, 3.05) is 6.61 Å². The smallest absolute Gasteiger partial charge is 0.417 e. The van der Waals surface area contributed by atoms with Crippen LogP contribution in [0, 0.1) is 5.92 Å². The molecule has 1 aromatic rings. The summed E-state index contributed by atoms with van der Waals surface area (Å²) in [5.74, 6) is -0.406. The highest BCUT2D eigenvalue weighted by atomic mass is 16.6. The van der Waals surface area contributed by atoms with E-state index in [4.69, 9.17) is 4.74 Å². The van der Waals surface area contributed by atoms with Crippen LogP contribution in [-0.4, -0.2) is 23.5 Å². The van der Waals surface area contributed by atoms with Gasteiger partial charge in [0.2, 0.25) is 5.91 Å². The number of hydrogen-bond acceptors (Lipinski definition) is 3. The highest BCUT2D eigenvalue weighted by Gasteiger charge is 2.33. The average molecular weight is 360 g/mol. The number of rotatable bonds is 11. The molecule has 0 heterocycles. The first kappa shape index (κ1) is 21.9. The average Bonchev–Trinajstić information content (AvgIpc) is 2.65. The molecule has 0 aliphatic carbocycles. The number of amides is 2. The van der Waals surface area contributed by atoms with E-state index in [1.807, 2.05) is 37.3 Å². The van der Waals surface area contributed by atoms with Crippen LogP contribution >= 0.6 is 0 Å². The van der Waals surface area contributed by atoms with Gasteiger partial charge in [-0.15, -0.1) is 6.58 Å². The Morgan fingerprint density at radius 3 is 2.42 bits per heavy atom. The fourth-order valence-corrected chi connectivity index (χ4v) is 3.07. The minimum atomic E-state index is -0.573. The SMILES string of the molecule is C=CCC(CCCCCC)C(=O)N(C(=O)OCC)C(C)c1ccccc1. The zero-order valence-electron chi connectivity index (χ0n) is 16.4. The van der Waals surface area contributed by atoms with Gasteiger partial charge in [0.15, 0.2) is 0 Å². The van der Waals surface area contributed by atoms with Crippen LogP contribution in [0.15, 0.2) is 43.0 Å². The molecule has 0 saturated carbocycles. The Morgan fingerprint density at radius 2 is 1.85 bits per heavy atom. The molecule has 144 valence electrons. The largest absolute Gasteiger partial charge is 0.449 e. The Morgan fingerprint density at radius 1 is 1.15 bits per heavy atom. The van der Waals surface area contributed by atoms with Gasteiger partial charge in [-0.3, -0.25) is 4.79 Å². The minimum absolute atomic E-state index is 0.170. The van der Waals surface area contributed by atoms with Gasteiger partial charge in [-0.2, -0.15) is 0 Å². The highest BCUT2D eigenvalue weighted by Crippen LogP contribution is 2.26. The predicted octanol–water partition coefficient (Wildman–Crippen LogP) is 5.90. The highest BCUT2D eigenvalue weighted by molar-refractivity contribution is 5.93. The molecular weight excluding hydrogens is 326 g/mol. The van der Waals surface area contributed by atoms with Crippen molar-refractivity contribution in [2.45, 2.75) is 65.3 Å². The standard InChI is InChI=1S/C22H33NO3/c1-5-8-9-11-17-20(14-6-2)21(24)23(22(25)26-7-3)18(4)19-15-12-10-13-16-19/h6,10,12-13,15-16,18,20H,2,5,7-9,11,14,17H2,1,3-4H3. The molecule has 0 aliphatic heterocycles. The van der Waals surface area contributed by atoms with Crippen molar-refractivity contribution < 1.29 is 14.3 Å². The molecule has 1 aromatic carbocycles. The number of carbonyl (C=O) groups is 2. The molecule has 4 heteroatoms. The first-order valence-electron chi connectivity index (χ1n) is 9.72. The van der Waals surface area contributed by atoms with E-state index in [0.717, 1.165) is 37.7 Å². The molecule has 0 spiro atoms. The number of hydrogen-bond donors (Lipinski definition) is 0. The van der Waals surface area contributed by atoms with Crippen molar-refractivity contribution >= 4 is 12.0 Å². The van der Waals surface area contributed by atoms with Crippen molar-refractivity contribution in [1.82, 2.24) is 4.90 Å². The maximum absolute atomic E-state index is 13.2. The monoisotopic (exact) mass is 359 g/mol. The maximum Gasteiger partial charge on any atom is 0.417 e. The molecule has 0 N–H and O–H groups in total. The summed E-state index contributed by atoms with van der Waals surface area (Å²) in [4.78, 5) is 27.0. The van der Waals surface area contributed by atoms with E-state index in [-0.39, 0.29) is 24.5 Å². The normalized spacial score (nSPS) is 12.9. The second-order valence-corrected chi connectivity index (χ2v) is 6.56. The fourth-order valence-electron chi connectivity index (χ4n) is 3.07. The Kier molecular flexibility index (Phi) is 10.4. The first-order chi connectivity index (χ1) is 12.6. The third-order valence-electron chi connectivity index (χ3n) is 4.58. The van der Waals surface area contributed by atoms with Gasteiger partial charge in [-0.25, -0.2) is 9.69 Å². The number of ether oxygens (including phenoxy) is 1. The Hall–Kier alpha value is -2.10. The van der Waals surface area contributed by atoms with Crippen LogP contribution in [0.4, 0.5) is 4.79 Å². The molecule has 2 amide bonds. The number of carbonyl (C=O) groups excluding carboxylic acids is 2.